The number of carbonyl (C=O) groups is 1. The second-order valence-electron chi connectivity index (χ2n) is 5.98. The van der Waals surface area contributed by atoms with Crippen molar-refractivity contribution in [1.82, 2.24) is 24.8 Å². The standard InChI is InChI=1S/C16H21N7OS/c1-22(2)16-20-12(19-15(17)21-16)10-25-13-6-5-11(9-18-13)14(24)23-7-3-4-8-23/h5-6,9H,3-4,7-8,10H2,1-2H3,(H2,17,19,20,21). The molecule has 0 radical (unpaired) electrons. The summed E-state index contributed by atoms with van der Waals surface area (Å²) >= 11 is 1.49. The topological polar surface area (TPSA) is 101 Å². The SMILES string of the molecule is CN(C)c1nc(N)nc(CSc2ccc(C(=O)N3CCCC3)cn2)n1. The maximum Gasteiger partial charge on any atom is 0.255 e. The predicted octanol–water partition coefficient (Wildman–Crippen LogP) is 1.44. The summed E-state index contributed by atoms with van der Waals surface area (Å²) in [6.07, 6.45) is 3.80. The van der Waals surface area contributed by atoms with E-state index < -0.39 is 0 Å². The van der Waals surface area contributed by atoms with Gasteiger partial charge >= 0.3 is 0 Å². The first-order valence-electron chi connectivity index (χ1n) is 8.09. The molecule has 1 saturated heterocycles. The Kier molecular flexibility index (Phi) is 5.32. The fourth-order valence-corrected chi connectivity index (χ4v) is 3.22. The smallest absolute Gasteiger partial charge is 0.255 e. The molecule has 1 aliphatic rings. The normalized spacial score (nSPS) is 13.9. The molecule has 0 unspecified atom stereocenters. The minimum Gasteiger partial charge on any atom is -0.368 e. The molecule has 2 aromatic rings. The maximum atomic E-state index is 12.3. The minimum atomic E-state index is 0.0578. The molecule has 0 aliphatic carbocycles. The van der Waals surface area contributed by atoms with E-state index in [2.05, 4.69) is 19.9 Å². The van der Waals surface area contributed by atoms with Gasteiger partial charge in [0.05, 0.1) is 16.3 Å². The zero-order chi connectivity index (χ0) is 17.8. The van der Waals surface area contributed by atoms with E-state index in [1.807, 2.05) is 31.1 Å². The second kappa shape index (κ2) is 7.64. The molecule has 1 amide bonds. The number of nitrogens with zero attached hydrogens (tertiary/aromatic N) is 6. The van der Waals surface area contributed by atoms with Crippen LogP contribution in [0.1, 0.15) is 29.0 Å². The highest BCUT2D eigenvalue weighted by molar-refractivity contribution is 7.98. The molecule has 0 bridgehead atoms. The number of aromatic nitrogens is 4. The van der Waals surface area contributed by atoms with Crippen molar-refractivity contribution in [2.24, 2.45) is 0 Å². The monoisotopic (exact) mass is 359 g/mol. The highest BCUT2D eigenvalue weighted by Gasteiger charge is 2.19. The van der Waals surface area contributed by atoms with Gasteiger partial charge in [-0.05, 0) is 25.0 Å². The lowest BCUT2D eigenvalue weighted by Crippen LogP contribution is -2.27. The zero-order valence-corrected chi connectivity index (χ0v) is 15.2. The quantitative estimate of drug-likeness (QED) is 0.800. The third-order valence-corrected chi connectivity index (χ3v) is 4.75. The van der Waals surface area contributed by atoms with Crippen molar-refractivity contribution in [2.45, 2.75) is 23.6 Å². The molecule has 0 atom stereocenters. The number of thioether (sulfide) groups is 1. The van der Waals surface area contributed by atoms with E-state index in [9.17, 15) is 4.79 Å². The summed E-state index contributed by atoms with van der Waals surface area (Å²) in [5.74, 6) is 1.92. The molecule has 1 fully saturated rings. The summed E-state index contributed by atoms with van der Waals surface area (Å²) in [5.41, 5.74) is 6.35. The van der Waals surface area contributed by atoms with E-state index in [1.165, 1.54) is 11.8 Å². The van der Waals surface area contributed by atoms with Crippen LogP contribution in [0.25, 0.3) is 0 Å². The van der Waals surface area contributed by atoms with Crippen LogP contribution in [0.2, 0.25) is 0 Å². The van der Waals surface area contributed by atoms with Gasteiger partial charge in [-0.3, -0.25) is 4.79 Å². The Morgan fingerprint density at radius 3 is 2.64 bits per heavy atom. The Morgan fingerprint density at radius 2 is 2.00 bits per heavy atom. The lowest BCUT2D eigenvalue weighted by molar-refractivity contribution is 0.0792. The number of amides is 1. The number of rotatable bonds is 5. The van der Waals surface area contributed by atoms with Gasteiger partial charge in [0.15, 0.2) is 0 Å². The molecule has 0 saturated carbocycles. The maximum absolute atomic E-state index is 12.3. The summed E-state index contributed by atoms with van der Waals surface area (Å²) in [6.45, 7) is 1.68. The molecule has 3 heterocycles. The second-order valence-corrected chi connectivity index (χ2v) is 6.97. The molecule has 2 aromatic heterocycles. The van der Waals surface area contributed by atoms with Crippen LogP contribution >= 0.6 is 11.8 Å². The highest BCUT2D eigenvalue weighted by atomic mass is 32.2. The third-order valence-electron chi connectivity index (χ3n) is 3.81. The van der Waals surface area contributed by atoms with E-state index >= 15 is 0 Å². The Hall–Kier alpha value is -2.42. The molecule has 1 aliphatic heterocycles. The average Bonchev–Trinajstić information content (AvgIpc) is 3.14. The van der Waals surface area contributed by atoms with Crippen molar-refractivity contribution in [3.05, 3.63) is 29.7 Å². The van der Waals surface area contributed by atoms with E-state index in [4.69, 9.17) is 5.73 Å². The van der Waals surface area contributed by atoms with Crippen LogP contribution in [0.15, 0.2) is 23.4 Å². The van der Waals surface area contributed by atoms with Gasteiger partial charge in [-0.2, -0.15) is 15.0 Å². The van der Waals surface area contributed by atoms with Gasteiger partial charge in [0.25, 0.3) is 5.91 Å². The molecule has 2 N–H and O–H groups in total. The molecule has 8 nitrogen and oxygen atoms in total. The number of hydrogen-bond donors (Lipinski definition) is 1. The lowest BCUT2D eigenvalue weighted by atomic mass is 10.2. The van der Waals surface area contributed by atoms with Crippen LogP contribution in [-0.4, -0.2) is 57.9 Å². The summed E-state index contributed by atoms with van der Waals surface area (Å²) in [7, 11) is 3.70. The van der Waals surface area contributed by atoms with E-state index in [0.29, 0.717) is 23.1 Å². The lowest BCUT2D eigenvalue weighted by Gasteiger charge is -2.14. The fourth-order valence-electron chi connectivity index (χ4n) is 2.52. The number of nitrogen functional groups attached to an aromatic ring is 1. The molecule has 0 spiro atoms. The van der Waals surface area contributed by atoms with E-state index in [1.54, 1.807) is 11.1 Å². The minimum absolute atomic E-state index is 0.0578. The van der Waals surface area contributed by atoms with Crippen molar-refractivity contribution in [1.29, 1.82) is 0 Å². The first-order chi connectivity index (χ1) is 12.0. The molecule has 132 valence electrons. The van der Waals surface area contributed by atoms with Gasteiger partial charge in [0.2, 0.25) is 11.9 Å². The number of nitrogens with two attached hydrogens (primary N) is 1. The van der Waals surface area contributed by atoms with Crippen LogP contribution in [0, 0.1) is 0 Å². The van der Waals surface area contributed by atoms with Crippen LogP contribution < -0.4 is 10.6 Å². The molecule has 25 heavy (non-hydrogen) atoms. The molecular formula is C16H21N7OS. The number of anilines is 2. The van der Waals surface area contributed by atoms with Crippen molar-refractivity contribution in [3.63, 3.8) is 0 Å². The predicted molar refractivity (Wildman–Crippen MR) is 97.5 cm³/mol. The van der Waals surface area contributed by atoms with Gasteiger partial charge < -0.3 is 15.5 Å². The highest BCUT2D eigenvalue weighted by Crippen LogP contribution is 2.21. The van der Waals surface area contributed by atoms with Crippen LogP contribution in [-0.2, 0) is 5.75 Å². The summed E-state index contributed by atoms with van der Waals surface area (Å²) < 4.78 is 0. The zero-order valence-electron chi connectivity index (χ0n) is 14.3. The van der Waals surface area contributed by atoms with Crippen molar-refractivity contribution < 1.29 is 4.79 Å². The van der Waals surface area contributed by atoms with Gasteiger partial charge in [0.1, 0.15) is 5.82 Å². The van der Waals surface area contributed by atoms with Crippen molar-refractivity contribution in [2.75, 3.05) is 37.8 Å². The first kappa shape index (κ1) is 17.4. The van der Waals surface area contributed by atoms with Crippen LogP contribution in [0.3, 0.4) is 0 Å². The Bertz CT molecular complexity index is 745. The van der Waals surface area contributed by atoms with Crippen LogP contribution in [0.4, 0.5) is 11.9 Å². The Labute approximate surface area is 150 Å². The van der Waals surface area contributed by atoms with Crippen molar-refractivity contribution in [3.8, 4) is 0 Å². The third kappa shape index (κ3) is 4.36. The molecule has 9 heteroatoms. The van der Waals surface area contributed by atoms with Gasteiger partial charge in [-0.15, -0.1) is 0 Å². The number of likely N-dealkylation sites (tertiary alicyclic amines) is 1. The summed E-state index contributed by atoms with van der Waals surface area (Å²) in [5, 5.41) is 0.809. The number of carbonyl (C=O) groups excluding carboxylic acids is 1. The molecular weight excluding hydrogens is 338 g/mol. The first-order valence-corrected chi connectivity index (χ1v) is 9.07. The van der Waals surface area contributed by atoms with Gasteiger partial charge in [-0.25, -0.2) is 4.98 Å². The fraction of sp³-hybridized carbons (Fsp3) is 0.438. The number of hydrogen-bond acceptors (Lipinski definition) is 8. The summed E-state index contributed by atoms with van der Waals surface area (Å²) in [6, 6.07) is 3.67. The van der Waals surface area contributed by atoms with Crippen LogP contribution in [0.5, 0.6) is 0 Å². The molecule has 0 aromatic carbocycles. The van der Waals surface area contributed by atoms with Crippen molar-refractivity contribution >= 4 is 29.6 Å². The number of pyridine rings is 1. The van der Waals surface area contributed by atoms with Gasteiger partial charge in [-0.1, -0.05) is 11.8 Å². The Balaban J connectivity index is 1.63. The Morgan fingerprint density at radius 1 is 1.24 bits per heavy atom. The van der Waals surface area contributed by atoms with Gasteiger partial charge in [0, 0.05) is 33.4 Å². The largest absolute Gasteiger partial charge is 0.368 e. The average molecular weight is 359 g/mol. The molecule has 3 rings (SSSR count). The summed E-state index contributed by atoms with van der Waals surface area (Å²) in [4.78, 5) is 32.9. The van der Waals surface area contributed by atoms with E-state index in [-0.39, 0.29) is 11.9 Å². The van der Waals surface area contributed by atoms with E-state index in [0.717, 1.165) is 31.0 Å².